The molecule has 8 heteroatoms. The Morgan fingerprint density at radius 2 is 1.96 bits per heavy atom. The average Bonchev–Trinajstić information content (AvgIpc) is 3.00. The Labute approximate surface area is 149 Å². The molecule has 0 saturated heterocycles. The lowest BCUT2D eigenvalue weighted by Gasteiger charge is -2.13. The molecule has 2 aromatic rings. The zero-order valence-electron chi connectivity index (χ0n) is 13.8. The number of hydrogen-bond acceptors (Lipinski definition) is 7. The molecule has 1 heterocycles. The minimum atomic E-state index is -0.0769. The molecule has 1 amide bonds. The number of amides is 1. The zero-order valence-corrected chi connectivity index (χ0v) is 15.5. The Balaban J connectivity index is 1.91. The number of carbonyl (C=O) groups is 2. The van der Waals surface area contributed by atoms with Crippen LogP contribution in [-0.2, 0) is 4.79 Å². The first-order valence-corrected chi connectivity index (χ1v) is 9.40. The van der Waals surface area contributed by atoms with Crippen LogP contribution >= 0.6 is 23.1 Å². The highest BCUT2D eigenvalue weighted by atomic mass is 32.2. The summed E-state index contributed by atoms with van der Waals surface area (Å²) in [4.78, 5) is 23.3. The van der Waals surface area contributed by atoms with Gasteiger partial charge in [0.15, 0.2) is 10.1 Å². The van der Waals surface area contributed by atoms with Crippen LogP contribution in [0.3, 0.4) is 0 Å². The van der Waals surface area contributed by atoms with Crippen molar-refractivity contribution in [1.29, 1.82) is 0 Å². The van der Waals surface area contributed by atoms with Gasteiger partial charge in [0.25, 0.3) is 0 Å². The highest BCUT2D eigenvalue weighted by molar-refractivity contribution is 8.01. The Morgan fingerprint density at radius 1 is 1.25 bits per heavy atom. The lowest BCUT2D eigenvalue weighted by Crippen LogP contribution is -2.23. The van der Waals surface area contributed by atoms with E-state index in [0.717, 1.165) is 21.6 Å². The van der Waals surface area contributed by atoms with Gasteiger partial charge in [-0.15, -0.1) is 10.2 Å². The summed E-state index contributed by atoms with van der Waals surface area (Å²) in [5.74, 6) is 0.286. The fourth-order valence-corrected chi connectivity index (χ4v) is 3.76. The molecule has 0 saturated carbocycles. The van der Waals surface area contributed by atoms with Crippen LogP contribution in [0, 0.1) is 0 Å². The molecule has 0 radical (unpaired) electrons. The summed E-state index contributed by atoms with van der Waals surface area (Å²) in [5, 5.41) is 14.7. The SMILES string of the molecule is CCNc1nnc(SCC(=O)c2ccc(C(C)NC(C)=O)cc2)s1. The Kier molecular flexibility index (Phi) is 6.74. The highest BCUT2D eigenvalue weighted by Crippen LogP contribution is 2.26. The maximum atomic E-state index is 12.3. The van der Waals surface area contributed by atoms with Gasteiger partial charge >= 0.3 is 0 Å². The molecule has 6 nitrogen and oxygen atoms in total. The summed E-state index contributed by atoms with van der Waals surface area (Å²) in [7, 11) is 0. The molecule has 1 atom stereocenters. The van der Waals surface area contributed by atoms with Gasteiger partial charge in [0.05, 0.1) is 11.8 Å². The summed E-state index contributed by atoms with van der Waals surface area (Å²) in [6, 6.07) is 7.24. The van der Waals surface area contributed by atoms with Gasteiger partial charge < -0.3 is 10.6 Å². The molecule has 0 aliphatic rings. The number of anilines is 1. The molecule has 2 rings (SSSR count). The Bertz CT molecular complexity index is 700. The van der Waals surface area contributed by atoms with Gasteiger partial charge in [-0.25, -0.2) is 0 Å². The predicted molar refractivity (Wildman–Crippen MR) is 97.8 cm³/mol. The molecular formula is C16H20N4O2S2. The number of rotatable bonds is 8. The number of benzene rings is 1. The maximum Gasteiger partial charge on any atom is 0.217 e. The van der Waals surface area contributed by atoms with E-state index in [1.807, 2.05) is 26.0 Å². The summed E-state index contributed by atoms with van der Waals surface area (Å²) in [6.45, 7) is 6.18. The van der Waals surface area contributed by atoms with Crippen LogP contribution in [0.4, 0.5) is 5.13 Å². The first-order chi connectivity index (χ1) is 11.5. The number of aromatic nitrogens is 2. The van der Waals surface area contributed by atoms with Crippen molar-refractivity contribution >= 4 is 39.9 Å². The third kappa shape index (κ3) is 5.31. The van der Waals surface area contributed by atoms with Gasteiger partial charge in [0, 0.05) is 19.0 Å². The number of hydrogen-bond donors (Lipinski definition) is 2. The third-order valence-corrected chi connectivity index (χ3v) is 5.23. The van der Waals surface area contributed by atoms with E-state index in [9.17, 15) is 9.59 Å². The molecule has 0 aliphatic heterocycles. The smallest absolute Gasteiger partial charge is 0.217 e. The highest BCUT2D eigenvalue weighted by Gasteiger charge is 2.11. The van der Waals surface area contributed by atoms with E-state index in [4.69, 9.17) is 0 Å². The molecule has 0 spiro atoms. The van der Waals surface area contributed by atoms with Gasteiger partial charge in [0.1, 0.15) is 0 Å². The topological polar surface area (TPSA) is 84.0 Å². The van der Waals surface area contributed by atoms with E-state index >= 15 is 0 Å². The maximum absolute atomic E-state index is 12.3. The van der Waals surface area contributed by atoms with Crippen LogP contribution in [0.5, 0.6) is 0 Å². The number of carbonyl (C=O) groups excluding carboxylic acids is 2. The van der Waals surface area contributed by atoms with Crippen molar-refractivity contribution in [2.75, 3.05) is 17.6 Å². The Hall–Kier alpha value is -1.93. The minimum absolute atomic E-state index is 0.0407. The van der Waals surface area contributed by atoms with Gasteiger partial charge in [-0.1, -0.05) is 47.4 Å². The first kappa shape index (κ1) is 18.4. The van der Waals surface area contributed by atoms with Crippen molar-refractivity contribution in [2.24, 2.45) is 0 Å². The number of nitrogens with one attached hydrogen (secondary N) is 2. The molecule has 128 valence electrons. The van der Waals surface area contributed by atoms with Gasteiger partial charge in [-0.3, -0.25) is 9.59 Å². The van der Waals surface area contributed by atoms with Crippen molar-refractivity contribution in [1.82, 2.24) is 15.5 Å². The molecule has 1 unspecified atom stereocenters. The number of nitrogens with zero attached hydrogens (tertiary/aromatic N) is 2. The molecule has 0 bridgehead atoms. The van der Waals surface area contributed by atoms with Crippen molar-refractivity contribution < 1.29 is 9.59 Å². The zero-order chi connectivity index (χ0) is 17.5. The molecule has 2 N–H and O–H groups in total. The van der Waals surface area contributed by atoms with Crippen LogP contribution in [0.25, 0.3) is 0 Å². The molecule has 0 fully saturated rings. The average molecular weight is 364 g/mol. The van der Waals surface area contributed by atoms with Crippen molar-refractivity contribution in [3.63, 3.8) is 0 Å². The molecular weight excluding hydrogens is 344 g/mol. The van der Waals surface area contributed by atoms with Crippen molar-refractivity contribution in [3.8, 4) is 0 Å². The van der Waals surface area contributed by atoms with Crippen LogP contribution < -0.4 is 10.6 Å². The summed E-state index contributed by atoms with van der Waals surface area (Å²) < 4.78 is 0.773. The first-order valence-electron chi connectivity index (χ1n) is 7.60. The van der Waals surface area contributed by atoms with Crippen LogP contribution in [0.1, 0.15) is 42.7 Å². The van der Waals surface area contributed by atoms with E-state index < -0.39 is 0 Å². The second kappa shape index (κ2) is 8.79. The van der Waals surface area contributed by atoms with Crippen molar-refractivity contribution in [3.05, 3.63) is 35.4 Å². The lowest BCUT2D eigenvalue weighted by molar-refractivity contribution is -0.119. The van der Waals surface area contributed by atoms with Crippen LogP contribution in [0.2, 0.25) is 0 Å². The van der Waals surface area contributed by atoms with Crippen molar-refractivity contribution in [2.45, 2.75) is 31.2 Å². The van der Waals surface area contributed by atoms with Crippen LogP contribution in [0.15, 0.2) is 28.6 Å². The Morgan fingerprint density at radius 3 is 2.58 bits per heavy atom. The van der Waals surface area contributed by atoms with Gasteiger partial charge in [-0.2, -0.15) is 0 Å². The molecule has 1 aromatic carbocycles. The number of thioether (sulfide) groups is 1. The number of Topliss-reactive ketones (excluding diaryl/α,β-unsaturated/α-hetero) is 1. The van der Waals surface area contributed by atoms with E-state index in [1.165, 1.54) is 30.0 Å². The van der Waals surface area contributed by atoms with Gasteiger partial charge in [-0.05, 0) is 19.4 Å². The molecule has 0 aliphatic carbocycles. The van der Waals surface area contributed by atoms with E-state index in [0.29, 0.717) is 11.3 Å². The fraction of sp³-hybridized carbons (Fsp3) is 0.375. The van der Waals surface area contributed by atoms with Crippen LogP contribution in [-0.4, -0.2) is 34.2 Å². The summed E-state index contributed by atoms with van der Waals surface area (Å²) >= 11 is 2.83. The largest absolute Gasteiger partial charge is 0.360 e. The van der Waals surface area contributed by atoms with E-state index in [2.05, 4.69) is 20.8 Å². The number of ketones is 1. The normalized spacial score (nSPS) is 11.8. The minimum Gasteiger partial charge on any atom is -0.360 e. The predicted octanol–water partition coefficient (Wildman–Crippen LogP) is 3.14. The fourth-order valence-electron chi connectivity index (χ4n) is 2.05. The third-order valence-electron chi connectivity index (χ3n) is 3.21. The molecule has 1 aromatic heterocycles. The monoisotopic (exact) mass is 364 g/mol. The summed E-state index contributed by atoms with van der Waals surface area (Å²) in [6.07, 6.45) is 0. The lowest BCUT2D eigenvalue weighted by atomic mass is 10.0. The van der Waals surface area contributed by atoms with E-state index in [1.54, 1.807) is 12.1 Å². The molecule has 24 heavy (non-hydrogen) atoms. The van der Waals surface area contributed by atoms with Gasteiger partial charge in [0.2, 0.25) is 11.0 Å². The quantitative estimate of drug-likeness (QED) is 0.553. The second-order valence-electron chi connectivity index (χ2n) is 5.16. The second-order valence-corrected chi connectivity index (χ2v) is 7.36. The standard InChI is InChI=1S/C16H20N4O2S2/c1-4-17-15-19-20-16(24-15)23-9-14(22)13-7-5-12(6-8-13)10(2)18-11(3)21/h5-8,10H,4,9H2,1-3H3,(H,17,19)(H,18,21). The summed E-state index contributed by atoms with van der Waals surface area (Å²) in [5.41, 5.74) is 1.62. The van der Waals surface area contributed by atoms with E-state index in [-0.39, 0.29) is 17.7 Å².